The van der Waals surface area contributed by atoms with Gasteiger partial charge in [0.25, 0.3) is 11.8 Å². The largest absolute Gasteiger partial charge is 0.522 e. The van der Waals surface area contributed by atoms with Gasteiger partial charge in [-0.1, -0.05) is 30.3 Å². The minimum Gasteiger partial charge on any atom is -0.486 e. The molecule has 0 spiro atoms. The van der Waals surface area contributed by atoms with E-state index in [0.29, 0.717) is 13.0 Å². The zero-order chi connectivity index (χ0) is 25.3. The Balaban J connectivity index is 1.46. The highest BCUT2D eigenvalue weighted by molar-refractivity contribution is 6.38. The Hall–Kier alpha value is -2.76. The Labute approximate surface area is 202 Å². The van der Waals surface area contributed by atoms with Gasteiger partial charge >= 0.3 is 6.36 Å². The van der Waals surface area contributed by atoms with Crippen LogP contribution in [0, 0.1) is 0 Å². The summed E-state index contributed by atoms with van der Waals surface area (Å²) in [5.74, 6) is -0.394. The third-order valence-electron chi connectivity index (χ3n) is 5.72. The molecule has 0 N–H and O–H groups in total. The Morgan fingerprint density at radius 1 is 1.20 bits per heavy atom. The number of amides is 1. The fourth-order valence-electron chi connectivity index (χ4n) is 4.25. The number of likely N-dealkylation sites (tertiary alicyclic amines) is 1. The van der Waals surface area contributed by atoms with Crippen LogP contribution in [0.15, 0.2) is 42.5 Å². The highest BCUT2D eigenvalue weighted by atomic mass is 19.4. The van der Waals surface area contributed by atoms with Gasteiger partial charge in [0.2, 0.25) is 0 Å². The second-order valence-corrected chi connectivity index (χ2v) is 8.03. The van der Waals surface area contributed by atoms with Crippen LogP contribution in [0.1, 0.15) is 22.5 Å². The van der Waals surface area contributed by atoms with Gasteiger partial charge in [0.1, 0.15) is 39.7 Å². The molecule has 13 heteroatoms. The van der Waals surface area contributed by atoms with Crippen LogP contribution in [0.2, 0.25) is 0 Å². The fourth-order valence-corrected chi connectivity index (χ4v) is 4.25. The standard InChI is InChI=1S/C22H21B2F3N2O6/c1-31-18-16(32-11-12-33-22(25,26)27)8-7-15(28-18)19(30)29-10-9-20(14-5-3-2-4-6-14)17(13-29)34-21(23,24)35-20/h2-8,17H,9-13H2,1H3/t17?,20-/m1/s1. The lowest BCUT2D eigenvalue weighted by Crippen LogP contribution is -2.53. The molecule has 0 aliphatic carbocycles. The molecule has 4 rings (SSSR count). The van der Waals surface area contributed by atoms with Crippen LogP contribution in [-0.2, 0) is 19.8 Å². The van der Waals surface area contributed by atoms with Crippen LogP contribution in [0.3, 0.4) is 0 Å². The zero-order valence-corrected chi connectivity index (χ0v) is 18.8. The number of rotatable bonds is 7. The molecule has 2 atom stereocenters. The normalized spacial score (nSPS) is 23.5. The number of alkyl halides is 3. The smallest absolute Gasteiger partial charge is 0.486 e. The lowest BCUT2D eigenvalue weighted by molar-refractivity contribution is -0.325. The molecule has 1 unspecified atom stereocenters. The van der Waals surface area contributed by atoms with E-state index in [2.05, 4.69) is 9.72 Å². The van der Waals surface area contributed by atoms with Gasteiger partial charge in [-0.15, -0.1) is 13.2 Å². The molecule has 8 nitrogen and oxygen atoms in total. The molecular formula is C22H21B2F3N2O6. The highest BCUT2D eigenvalue weighted by Crippen LogP contribution is 2.47. The number of piperidine rings is 1. The summed E-state index contributed by atoms with van der Waals surface area (Å²) in [6.45, 7) is -0.656. The summed E-state index contributed by atoms with van der Waals surface area (Å²) in [5.41, 5.74) is -1.83. The van der Waals surface area contributed by atoms with Gasteiger partial charge in [-0.05, 0) is 17.7 Å². The highest BCUT2D eigenvalue weighted by Gasteiger charge is 2.56. The number of hydrogen-bond donors (Lipinski definition) is 0. The maximum absolute atomic E-state index is 13.2. The van der Waals surface area contributed by atoms with Crippen molar-refractivity contribution < 1.29 is 41.7 Å². The van der Waals surface area contributed by atoms with Crippen LogP contribution in [0.25, 0.3) is 0 Å². The Bertz CT molecular complexity index is 1060. The zero-order valence-electron chi connectivity index (χ0n) is 18.8. The molecule has 2 aliphatic rings. The molecule has 2 fully saturated rings. The number of carbonyl (C=O) groups excluding carboxylic acids is 1. The molecule has 1 aromatic carbocycles. The molecule has 2 saturated heterocycles. The number of halogens is 3. The molecule has 0 bridgehead atoms. The van der Waals surface area contributed by atoms with E-state index in [-0.39, 0.29) is 23.9 Å². The summed E-state index contributed by atoms with van der Waals surface area (Å²) in [7, 11) is 13.2. The SMILES string of the molecule is [B]C1([B])OC2CN(C(=O)c3ccc(OCCOC(F)(F)F)c(OC)n3)CC[C@]2(c2ccccc2)O1. The number of ether oxygens (including phenoxy) is 5. The minimum absolute atomic E-state index is 0.0538. The van der Waals surface area contributed by atoms with E-state index in [0.717, 1.165) is 5.56 Å². The summed E-state index contributed by atoms with van der Waals surface area (Å²) < 4.78 is 62.1. The average molecular weight is 488 g/mol. The van der Waals surface area contributed by atoms with Crippen molar-refractivity contribution in [2.45, 2.75) is 30.1 Å². The van der Waals surface area contributed by atoms with E-state index in [9.17, 15) is 18.0 Å². The van der Waals surface area contributed by atoms with Gasteiger partial charge < -0.3 is 23.8 Å². The third-order valence-corrected chi connectivity index (χ3v) is 5.72. The number of nitrogens with zero attached hydrogens (tertiary/aromatic N) is 2. The van der Waals surface area contributed by atoms with Crippen LogP contribution in [-0.4, -0.2) is 82.9 Å². The predicted molar refractivity (Wildman–Crippen MR) is 117 cm³/mol. The van der Waals surface area contributed by atoms with E-state index in [1.165, 1.54) is 24.1 Å². The predicted octanol–water partition coefficient (Wildman–Crippen LogP) is 2.11. The van der Waals surface area contributed by atoms with Gasteiger partial charge in [0.05, 0.1) is 25.8 Å². The van der Waals surface area contributed by atoms with Crippen LogP contribution in [0.5, 0.6) is 11.6 Å². The molecule has 182 valence electrons. The minimum atomic E-state index is -4.75. The number of carbonyl (C=O) groups is 1. The molecule has 4 radical (unpaired) electrons. The summed E-state index contributed by atoms with van der Waals surface area (Å²) in [6, 6.07) is 12.2. The van der Waals surface area contributed by atoms with Gasteiger partial charge in [-0.2, -0.15) is 0 Å². The number of benzene rings is 1. The number of methoxy groups -OCH3 is 1. The van der Waals surface area contributed by atoms with E-state index in [4.69, 9.17) is 34.6 Å². The first kappa shape index (κ1) is 25.3. The van der Waals surface area contributed by atoms with Crippen molar-refractivity contribution >= 4 is 21.6 Å². The van der Waals surface area contributed by atoms with Crippen molar-refractivity contribution in [3.8, 4) is 11.6 Å². The molecule has 1 amide bonds. The van der Waals surface area contributed by atoms with Crippen molar-refractivity contribution in [1.29, 1.82) is 0 Å². The lowest BCUT2D eigenvalue weighted by Gasteiger charge is -2.42. The number of pyridine rings is 1. The van der Waals surface area contributed by atoms with E-state index >= 15 is 0 Å². The van der Waals surface area contributed by atoms with Gasteiger partial charge in [0.15, 0.2) is 5.75 Å². The van der Waals surface area contributed by atoms with Crippen LogP contribution < -0.4 is 9.47 Å². The average Bonchev–Trinajstić information content (AvgIpc) is 3.11. The van der Waals surface area contributed by atoms with E-state index in [1.54, 1.807) is 0 Å². The third kappa shape index (κ3) is 5.57. The van der Waals surface area contributed by atoms with Gasteiger partial charge in [0, 0.05) is 13.0 Å². The Morgan fingerprint density at radius 3 is 2.63 bits per heavy atom. The Kier molecular flexibility index (Phi) is 7.03. The first-order chi connectivity index (χ1) is 16.5. The molecular weight excluding hydrogens is 467 g/mol. The number of hydrogen-bond acceptors (Lipinski definition) is 7. The quantitative estimate of drug-likeness (QED) is 0.437. The van der Waals surface area contributed by atoms with Gasteiger partial charge in [-0.3, -0.25) is 9.53 Å². The van der Waals surface area contributed by atoms with Crippen molar-refractivity contribution in [2.75, 3.05) is 33.4 Å². The van der Waals surface area contributed by atoms with Gasteiger partial charge in [-0.25, -0.2) is 4.98 Å². The first-order valence-electron chi connectivity index (χ1n) is 10.7. The molecule has 2 aromatic rings. The monoisotopic (exact) mass is 488 g/mol. The second kappa shape index (κ2) is 9.71. The van der Waals surface area contributed by atoms with E-state index < -0.39 is 42.8 Å². The topological polar surface area (TPSA) is 79.4 Å². The van der Waals surface area contributed by atoms with E-state index in [1.807, 2.05) is 30.3 Å². The number of fused-ring (bicyclic) bond motifs is 1. The van der Waals surface area contributed by atoms with Crippen LogP contribution >= 0.6 is 0 Å². The second-order valence-electron chi connectivity index (χ2n) is 8.03. The van der Waals surface area contributed by atoms with Crippen LogP contribution in [0.4, 0.5) is 13.2 Å². The number of aromatic nitrogens is 1. The van der Waals surface area contributed by atoms with Crippen molar-refractivity contribution in [3.63, 3.8) is 0 Å². The summed E-state index contributed by atoms with van der Waals surface area (Å²) >= 11 is 0. The van der Waals surface area contributed by atoms with Crippen molar-refractivity contribution in [1.82, 2.24) is 9.88 Å². The molecule has 35 heavy (non-hydrogen) atoms. The lowest BCUT2D eigenvalue weighted by atomic mass is 9.76. The Morgan fingerprint density at radius 2 is 1.94 bits per heavy atom. The fraction of sp³-hybridized carbons (Fsp3) is 0.455. The molecule has 2 aliphatic heterocycles. The maximum Gasteiger partial charge on any atom is 0.522 e. The first-order valence-corrected chi connectivity index (χ1v) is 10.7. The summed E-state index contributed by atoms with van der Waals surface area (Å²) in [6.07, 6.45) is -5.01. The van der Waals surface area contributed by atoms with Crippen molar-refractivity contribution in [3.05, 3.63) is 53.7 Å². The van der Waals surface area contributed by atoms with Crippen molar-refractivity contribution in [2.24, 2.45) is 0 Å². The summed E-state index contributed by atoms with van der Waals surface area (Å²) in [4.78, 5) is 18.9. The molecule has 0 saturated carbocycles. The maximum atomic E-state index is 13.2. The molecule has 3 heterocycles. The molecule has 1 aromatic heterocycles. The summed E-state index contributed by atoms with van der Waals surface area (Å²) in [5, 5.41) is 0.